The summed E-state index contributed by atoms with van der Waals surface area (Å²) < 4.78 is 2.43. The zero-order valence-corrected chi connectivity index (χ0v) is 27.2. The van der Waals surface area contributed by atoms with Gasteiger partial charge in [0.25, 0.3) is 0 Å². The van der Waals surface area contributed by atoms with E-state index in [1.165, 1.54) is 76.2 Å². The van der Waals surface area contributed by atoms with Crippen molar-refractivity contribution in [3.05, 3.63) is 157 Å². The van der Waals surface area contributed by atoms with Crippen molar-refractivity contribution in [3.63, 3.8) is 0 Å². The van der Waals surface area contributed by atoms with Gasteiger partial charge in [0.15, 0.2) is 17.5 Å². The zero-order chi connectivity index (χ0) is 32.4. The van der Waals surface area contributed by atoms with Gasteiger partial charge in [0, 0.05) is 38.6 Å². The lowest BCUT2D eigenvalue weighted by molar-refractivity contribution is 0.353. The van der Waals surface area contributed by atoms with Crippen molar-refractivity contribution in [1.29, 1.82) is 0 Å². The van der Waals surface area contributed by atoms with Crippen molar-refractivity contribution < 1.29 is 0 Å². The quantitative estimate of drug-likeness (QED) is 0.194. The van der Waals surface area contributed by atoms with Crippen LogP contribution in [0.5, 0.6) is 0 Å². The van der Waals surface area contributed by atoms with Gasteiger partial charge in [0.05, 0.1) is 11.0 Å². The van der Waals surface area contributed by atoms with Crippen LogP contribution in [0.3, 0.4) is 0 Å². The van der Waals surface area contributed by atoms with E-state index in [-0.39, 0.29) is 5.41 Å². The molecule has 10 rings (SSSR count). The van der Waals surface area contributed by atoms with Gasteiger partial charge in [-0.15, -0.1) is 0 Å². The fourth-order valence-electron chi connectivity index (χ4n) is 8.59. The van der Waals surface area contributed by atoms with E-state index in [0.29, 0.717) is 17.5 Å². The molecule has 0 radical (unpaired) electrons. The lowest BCUT2D eigenvalue weighted by atomic mass is 9.68. The van der Waals surface area contributed by atoms with Crippen LogP contribution in [0.25, 0.3) is 72.8 Å². The Hall–Kier alpha value is -5.87. The van der Waals surface area contributed by atoms with Crippen molar-refractivity contribution in [2.24, 2.45) is 0 Å². The van der Waals surface area contributed by atoms with E-state index in [1.807, 2.05) is 36.4 Å². The normalized spacial score (nSPS) is 14.7. The number of para-hydroxylation sites is 1. The zero-order valence-electron chi connectivity index (χ0n) is 27.2. The van der Waals surface area contributed by atoms with E-state index >= 15 is 0 Å². The summed E-state index contributed by atoms with van der Waals surface area (Å²) in [6, 6.07) is 52.1. The smallest absolute Gasteiger partial charge is 0.164 e. The van der Waals surface area contributed by atoms with E-state index in [4.69, 9.17) is 15.0 Å². The largest absolute Gasteiger partial charge is 0.309 e. The molecule has 1 saturated carbocycles. The van der Waals surface area contributed by atoms with Crippen LogP contribution >= 0.6 is 0 Å². The summed E-state index contributed by atoms with van der Waals surface area (Å²) in [4.78, 5) is 15.1. The van der Waals surface area contributed by atoms with E-state index < -0.39 is 0 Å². The number of hydrogen-bond acceptors (Lipinski definition) is 3. The highest BCUT2D eigenvalue weighted by Crippen LogP contribution is 2.57. The maximum atomic E-state index is 5.08. The molecule has 49 heavy (non-hydrogen) atoms. The monoisotopic (exact) mass is 630 g/mol. The topological polar surface area (TPSA) is 43.6 Å². The summed E-state index contributed by atoms with van der Waals surface area (Å²) in [5.41, 5.74) is 12.4. The van der Waals surface area contributed by atoms with Gasteiger partial charge >= 0.3 is 0 Å². The van der Waals surface area contributed by atoms with Crippen LogP contribution in [0.15, 0.2) is 146 Å². The average Bonchev–Trinajstić information content (AvgIpc) is 3.64. The highest BCUT2D eigenvalue weighted by Gasteiger charge is 2.44. The molecule has 8 aromatic rings. The van der Waals surface area contributed by atoms with Crippen LogP contribution in [0, 0.1) is 0 Å². The molecule has 0 amide bonds. The second kappa shape index (κ2) is 11.1. The van der Waals surface area contributed by atoms with Gasteiger partial charge in [-0.3, -0.25) is 0 Å². The summed E-state index contributed by atoms with van der Waals surface area (Å²) in [5, 5.41) is 2.49. The highest BCUT2D eigenvalue weighted by atomic mass is 15.0. The number of rotatable bonds is 4. The first-order valence-electron chi connectivity index (χ1n) is 17.4. The van der Waals surface area contributed by atoms with Gasteiger partial charge < -0.3 is 4.57 Å². The molecule has 0 saturated heterocycles. The molecule has 1 spiro atoms. The average molecular weight is 631 g/mol. The van der Waals surface area contributed by atoms with Crippen LogP contribution < -0.4 is 0 Å². The van der Waals surface area contributed by atoms with Crippen molar-refractivity contribution >= 4 is 21.8 Å². The SMILES string of the molecule is c1ccc(-c2nc(-c3ccccc3)nc(-c3ccc4c(c3)c3cc5c(cc3n4-c3ccccc3)-c3ccccc3C53CCCCC3)n2)cc1. The third-order valence-electron chi connectivity index (χ3n) is 10.8. The van der Waals surface area contributed by atoms with Gasteiger partial charge in [-0.2, -0.15) is 0 Å². The molecule has 2 aromatic heterocycles. The number of nitrogens with zero attached hydrogens (tertiary/aromatic N) is 4. The van der Waals surface area contributed by atoms with E-state index in [0.717, 1.165) is 22.4 Å². The summed E-state index contributed by atoms with van der Waals surface area (Å²) in [7, 11) is 0. The summed E-state index contributed by atoms with van der Waals surface area (Å²) in [5.74, 6) is 2.02. The van der Waals surface area contributed by atoms with Gasteiger partial charge in [0.1, 0.15) is 0 Å². The molecule has 0 atom stereocenters. The Balaban J connectivity index is 1.24. The maximum Gasteiger partial charge on any atom is 0.164 e. The van der Waals surface area contributed by atoms with Crippen molar-refractivity contribution in [3.8, 4) is 51.0 Å². The number of aromatic nitrogens is 4. The predicted octanol–water partition coefficient (Wildman–Crippen LogP) is 11.2. The van der Waals surface area contributed by atoms with E-state index in [2.05, 4.69) is 114 Å². The molecule has 0 aliphatic heterocycles. The molecule has 4 heteroatoms. The lowest BCUT2D eigenvalue weighted by Gasteiger charge is -2.36. The first-order chi connectivity index (χ1) is 24.3. The van der Waals surface area contributed by atoms with Crippen LogP contribution in [-0.4, -0.2) is 19.5 Å². The van der Waals surface area contributed by atoms with Crippen molar-refractivity contribution in [2.45, 2.75) is 37.5 Å². The van der Waals surface area contributed by atoms with Crippen molar-refractivity contribution in [2.75, 3.05) is 0 Å². The first kappa shape index (κ1) is 28.2. The molecule has 0 unspecified atom stereocenters. The molecule has 6 aromatic carbocycles. The summed E-state index contributed by atoms with van der Waals surface area (Å²) in [6.07, 6.45) is 6.28. The minimum Gasteiger partial charge on any atom is -0.309 e. The predicted molar refractivity (Wildman–Crippen MR) is 200 cm³/mol. The first-order valence-corrected chi connectivity index (χ1v) is 17.4. The summed E-state index contributed by atoms with van der Waals surface area (Å²) in [6.45, 7) is 0. The third-order valence-corrected chi connectivity index (χ3v) is 10.8. The van der Waals surface area contributed by atoms with Crippen molar-refractivity contribution in [1.82, 2.24) is 19.5 Å². The Labute approximate surface area is 285 Å². The Morgan fingerprint density at radius 2 is 1.00 bits per heavy atom. The Bertz CT molecular complexity index is 2450. The fourth-order valence-corrected chi connectivity index (χ4v) is 8.59. The van der Waals surface area contributed by atoms with Gasteiger partial charge in [-0.05, 0) is 77.6 Å². The van der Waals surface area contributed by atoms with Crippen LogP contribution in [-0.2, 0) is 5.41 Å². The molecule has 0 N–H and O–H groups in total. The van der Waals surface area contributed by atoms with E-state index in [9.17, 15) is 0 Å². The Kier molecular flexibility index (Phi) is 6.38. The van der Waals surface area contributed by atoms with Gasteiger partial charge in [0.2, 0.25) is 0 Å². The molecule has 234 valence electrons. The van der Waals surface area contributed by atoms with E-state index in [1.54, 1.807) is 0 Å². The Morgan fingerprint density at radius 3 is 1.67 bits per heavy atom. The van der Waals surface area contributed by atoms with Gasteiger partial charge in [-0.1, -0.05) is 122 Å². The summed E-state index contributed by atoms with van der Waals surface area (Å²) >= 11 is 0. The van der Waals surface area contributed by atoms with Crippen LogP contribution in [0.4, 0.5) is 0 Å². The molecule has 2 aliphatic rings. The van der Waals surface area contributed by atoms with Gasteiger partial charge in [-0.25, -0.2) is 15.0 Å². The Morgan fingerprint density at radius 1 is 0.429 bits per heavy atom. The molecular formula is C45H34N4. The molecule has 1 fully saturated rings. The highest BCUT2D eigenvalue weighted by molar-refractivity contribution is 6.12. The molecule has 0 bridgehead atoms. The second-order valence-electron chi connectivity index (χ2n) is 13.5. The maximum absolute atomic E-state index is 5.08. The second-order valence-corrected chi connectivity index (χ2v) is 13.5. The van der Waals surface area contributed by atoms with Crippen LogP contribution in [0.1, 0.15) is 43.2 Å². The molecule has 2 aliphatic carbocycles. The van der Waals surface area contributed by atoms with Crippen LogP contribution in [0.2, 0.25) is 0 Å². The third kappa shape index (κ3) is 4.40. The minimum absolute atomic E-state index is 0.0839. The molecule has 2 heterocycles. The number of hydrogen-bond donors (Lipinski definition) is 0. The molecule has 4 nitrogen and oxygen atoms in total. The number of benzene rings is 6. The lowest BCUT2D eigenvalue weighted by Crippen LogP contribution is -2.27. The number of fused-ring (bicyclic) bond motifs is 8. The minimum atomic E-state index is 0.0839. The fraction of sp³-hybridized carbons (Fsp3) is 0.133. The standard InChI is InChI=1S/C45H34N4/c1-5-15-30(16-6-1)42-46-43(31-17-7-2-8-18-31)48-44(47-42)32-23-24-40-36(27-32)37-28-39-35(29-41(37)49(40)33-19-9-3-10-20-33)34-21-11-12-22-38(34)45(39)25-13-4-14-26-45/h1-3,5-12,15-24,27-29H,4,13-14,25-26H2. The molecular weight excluding hydrogens is 597 g/mol.